The molecule has 0 saturated heterocycles. The lowest BCUT2D eigenvalue weighted by Crippen LogP contribution is -2.53. The molecule has 4 rings (SSSR count). The van der Waals surface area contributed by atoms with E-state index in [0.717, 1.165) is 9.87 Å². The van der Waals surface area contributed by atoms with Gasteiger partial charge in [-0.2, -0.15) is 0 Å². The summed E-state index contributed by atoms with van der Waals surface area (Å²) in [5.74, 6) is -0.232. The molecule has 0 unspecified atom stereocenters. The fourth-order valence-electron chi connectivity index (χ4n) is 5.00. The molecule has 0 fully saturated rings. The second-order valence-corrected chi connectivity index (χ2v) is 14.2. The molecular weight excluding hydrogens is 673 g/mol. The van der Waals surface area contributed by atoms with E-state index in [4.69, 9.17) is 32.7 Å². The summed E-state index contributed by atoms with van der Waals surface area (Å²) in [5.41, 5.74) is 1.75. The number of carbonyl (C=O) groups is 2. The number of methoxy groups -OCH3 is 2. The topological polar surface area (TPSA) is 105 Å². The van der Waals surface area contributed by atoms with Gasteiger partial charge in [0, 0.05) is 35.6 Å². The van der Waals surface area contributed by atoms with Crippen LogP contribution < -0.4 is 19.1 Å². The minimum atomic E-state index is -4.37. The third kappa shape index (κ3) is 9.43. The Morgan fingerprint density at radius 2 is 1.40 bits per heavy atom. The molecule has 0 aliphatic carbocycles. The van der Waals surface area contributed by atoms with Crippen molar-refractivity contribution < 1.29 is 27.5 Å². The molecule has 0 aromatic heterocycles. The van der Waals surface area contributed by atoms with Crippen molar-refractivity contribution in [2.75, 3.05) is 31.6 Å². The van der Waals surface area contributed by atoms with E-state index in [1.807, 2.05) is 44.2 Å². The Morgan fingerprint density at radius 1 is 0.792 bits per heavy atom. The van der Waals surface area contributed by atoms with Crippen LogP contribution in [0.5, 0.6) is 11.5 Å². The van der Waals surface area contributed by atoms with Crippen LogP contribution in [0.15, 0.2) is 102 Å². The zero-order chi connectivity index (χ0) is 34.8. The molecule has 0 saturated carbocycles. The standard InChI is InChI=1S/C36H39Cl2N3O6S/c1-25(2)22-39-36(43)32(20-26-8-6-5-7-9-26)40(23-27-10-12-28(37)13-11-27)35(42)24-41(30-16-14-29(38)15-17-30)48(44,45)31-18-19-33(46-3)34(21-31)47-4/h5-19,21,25,32H,20,22-24H2,1-4H3,(H,39,43)/t32-/m0/s1. The summed E-state index contributed by atoms with van der Waals surface area (Å²) in [4.78, 5) is 29.8. The van der Waals surface area contributed by atoms with Gasteiger partial charge in [-0.25, -0.2) is 8.42 Å². The van der Waals surface area contributed by atoms with E-state index in [2.05, 4.69) is 5.32 Å². The van der Waals surface area contributed by atoms with Gasteiger partial charge in [0.1, 0.15) is 12.6 Å². The van der Waals surface area contributed by atoms with E-state index >= 15 is 0 Å². The van der Waals surface area contributed by atoms with Crippen LogP contribution in [-0.4, -0.2) is 58.5 Å². The highest BCUT2D eigenvalue weighted by Crippen LogP contribution is 2.33. The Kier molecular flexibility index (Phi) is 12.7. The summed E-state index contributed by atoms with van der Waals surface area (Å²) in [6.07, 6.45) is 0.202. The lowest BCUT2D eigenvalue weighted by atomic mass is 10.0. The van der Waals surface area contributed by atoms with Gasteiger partial charge >= 0.3 is 0 Å². The molecule has 1 atom stereocenters. The Labute approximate surface area is 292 Å². The number of nitrogens with one attached hydrogen (secondary N) is 1. The van der Waals surface area contributed by atoms with Crippen LogP contribution in [0, 0.1) is 5.92 Å². The van der Waals surface area contributed by atoms with Crippen molar-refractivity contribution in [3.05, 3.63) is 118 Å². The molecule has 48 heavy (non-hydrogen) atoms. The number of hydrogen-bond donors (Lipinski definition) is 1. The van der Waals surface area contributed by atoms with E-state index in [9.17, 15) is 18.0 Å². The maximum atomic E-state index is 14.6. The summed E-state index contributed by atoms with van der Waals surface area (Å²) in [6.45, 7) is 3.76. The first-order chi connectivity index (χ1) is 22.9. The van der Waals surface area contributed by atoms with Crippen LogP contribution in [0.25, 0.3) is 0 Å². The van der Waals surface area contributed by atoms with Gasteiger partial charge in [0.2, 0.25) is 11.8 Å². The minimum absolute atomic E-state index is 0.0213. The Hall–Kier alpha value is -4.25. The van der Waals surface area contributed by atoms with Gasteiger partial charge < -0.3 is 19.7 Å². The first-order valence-corrected chi connectivity index (χ1v) is 17.5. The van der Waals surface area contributed by atoms with E-state index in [-0.39, 0.29) is 41.1 Å². The van der Waals surface area contributed by atoms with Crippen LogP contribution in [-0.2, 0) is 32.6 Å². The van der Waals surface area contributed by atoms with Gasteiger partial charge in [-0.1, -0.05) is 79.5 Å². The van der Waals surface area contributed by atoms with Crippen molar-refractivity contribution in [2.45, 2.75) is 37.8 Å². The third-order valence-corrected chi connectivity index (χ3v) is 9.83. The maximum Gasteiger partial charge on any atom is 0.264 e. The fraction of sp³-hybridized carbons (Fsp3) is 0.278. The molecule has 0 spiro atoms. The number of anilines is 1. The van der Waals surface area contributed by atoms with Crippen molar-refractivity contribution in [3.8, 4) is 11.5 Å². The summed E-state index contributed by atoms with van der Waals surface area (Å²) < 4.78 is 40.4. The largest absolute Gasteiger partial charge is 0.493 e. The van der Waals surface area contributed by atoms with Crippen molar-refractivity contribution >= 4 is 50.7 Å². The Morgan fingerprint density at radius 3 is 1.98 bits per heavy atom. The lowest BCUT2D eigenvalue weighted by molar-refractivity contribution is -0.140. The molecule has 0 aliphatic rings. The summed E-state index contributed by atoms with van der Waals surface area (Å²) in [6, 6.07) is 25.7. The first kappa shape index (κ1) is 36.6. The van der Waals surface area contributed by atoms with Crippen LogP contribution in [0.1, 0.15) is 25.0 Å². The normalized spacial score (nSPS) is 11.9. The molecule has 2 amide bonds. The zero-order valence-corrected chi connectivity index (χ0v) is 29.6. The van der Waals surface area contributed by atoms with Crippen LogP contribution in [0.2, 0.25) is 10.0 Å². The molecule has 12 heteroatoms. The number of rotatable bonds is 15. The molecule has 9 nitrogen and oxygen atoms in total. The molecule has 0 bridgehead atoms. The highest BCUT2D eigenvalue weighted by Gasteiger charge is 2.35. The SMILES string of the molecule is COc1ccc(S(=O)(=O)N(CC(=O)N(Cc2ccc(Cl)cc2)[C@@H](Cc2ccccc2)C(=O)NCC(C)C)c2ccc(Cl)cc2)cc1OC. The highest BCUT2D eigenvalue weighted by atomic mass is 35.5. The molecule has 4 aromatic carbocycles. The van der Waals surface area contributed by atoms with E-state index < -0.39 is 28.5 Å². The number of hydrogen-bond acceptors (Lipinski definition) is 6. The van der Waals surface area contributed by atoms with Gasteiger partial charge in [-0.05, 0) is 65.6 Å². The van der Waals surface area contributed by atoms with Crippen molar-refractivity contribution in [2.24, 2.45) is 5.92 Å². The van der Waals surface area contributed by atoms with Gasteiger partial charge in [-0.3, -0.25) is 13.9 Å². The first-order valence-electron chi connectivity index (χ1n) is 15.3. The number of carbonyl (C=O) groups excluding carboxylic acids is 2. The van der Waals surface area contributed by atoms with Crippen molar-refractivity contribution in [3.63, 3.8) is 0 Å². The molecule has 1 N–H and O–H groups in total. The average molecular weight is 713 g/mol. The van der Waals surface area contributed by atoms with E-state index in [1.165, 1.54) is 49.5 Å². The number of sulfonamides is 1. The minimum Gasteiger partial charge on any atom is -0.493 e. The van der Waals surface area contributed by atoms with Crippen molar-refractivity contribution in [1.82, 2.24) is 10.2 Å². The summed E-state index contributed by atoms with van der Waals surface area (Å²) in [7, 11) is -1.52. The van der Waals surface area contributed by atoms with Crippen molar-refractivity contribution in [1.29, 1.82) is 0 Å². The monoisotopic (exact) mass is 711 g/mol. The zero-order valence-electron chi connectivity index (χ0n) is 27.2. The predicted molar refractivity (Wildman–Crippen MR) is 189 cm³/mol. The number of ether oxygens (including phenoxy) is 2. The lowest BCUT2D eigenvalue weighted by Gasteiger charge is -2.34. The van der Waals surface area contributed by atoms with Gasteiger partial charge in [0.25, 0.3) is 10.0 Å². The Bertz CT molecular complexity index is 1790. The second-order valence-electron chi connectivity index (χ2n) is 11.5. The van der Waals surface area contributed by atoms with Gasteiger partial charge in [-0.15, -0.1) is 0 Å². The predicted octanol–water partition coefficient (Wildman–Crippen LogP) is 6.62. The van der Waals surface area contributed by atoms with Gasteiger partial charge in [0.15, 0.2) is 11.5 Å². The number of halogens is 2. The average Bonchev–Trinajstić information content (AvgIpc) is 3.08. The van der Waals surface area contributed by atoms with E-state index in [1.54, 1.807) is 36.4 Å². The van der Waals surface area contributed by atoms with Gasteiger partial charge in [0.05, 0.1) is 24.8 Å². The van der Waals surface area contributed by atoms with Crippen LogP contribution in [0.3, 0.4) is 0 Å². The summed E-state index contributed by atoms with van der Waals surface area (Å²) in [5, 5.41) is 3.88. The second kappa shape index (κ2) is 16.7. The molecular formula is C36H39Cl2N3O6S. The number of benzene rings is 4. The molecule has 254 valence electrons. The quantitative estimate of drug-likeness (QED) is 0.149. The summed E-state index contributed by atoms with van der Waals surface area (Å²) >= 11 is 12.3. The highest BCUT2D eigenvalue weighted by molar-refractivity contribution is 7.92. The molecule has 0 aliphatic heterocycles. The molecule has 0 heterocycles. The van der Waals surface area contributed by atoms with Crippen LogP contribution >= 0.6 is 23.2 Å². The Balaban J connectivity index is 1.81. The van der Waals surface area contributed by atoms with E-state index in [0.29, 0.717) is 27.9 Å². The number of nitrogens with zero attached hydrogens (tertiary/aromatic N) is 2. The third-order valence-electron chi connectivity index (χ3n) is 7.56. The molecule has 0 radical (unpaired) electrons. The van der Waals surface area contributed by atoms with Crippen LogP contribution in [0.4, 0.5) is 5.69 Å². The fourth-order valence-corrected chi connectivity index (χ4v) is 6.69. The smallest absolute Gasteiger partial charge is 0.264 e. The maximum absolute atomic E-state index is 14.6. The number of amides is 2. The molecule has 4 aromatic rings.